The van der Waals surface area contributed by atoms with Crippen LogP contribution in [0.25, 0.3) is 11.0 Å². The van der Waals surface area contributed by atoms with Gasteiger partial charge in [0.1, 0.15) is 11.3 Å². The third-order valence-corrected chi connectivity index (χ3v) is 5.31. The van der Waals surface area contributed by atoms with Gasteiger partial charge in [0.25, 0.3) is 0 Å². The van der Waals surface area contributed by atoms with Gasteiger partial charge in [0.05, 0.1) is 30.2 Å². The van der Waals surface area contributed by atoms with Crippen molar-refractivity contribution in [3.63, 3.8) is 0 Å². The number of esters is 1. The summed E-state index contributed by atoms with van der Waals surface area (Å²) in [6.07, 6.45) is 0.186. The molecule has 1 aliphatic rings. The summed E-state index contributed by atoms with van der Waals surface area (Å²) in [5.74, 6) is -0.130. The largest absolute Gasteiger partial charge is 0.495 e. The van der Waals surface area contributed by atoms with Gasteiger partial charge >= 0.3 is 13.1 Å². The quantitative estimate of drug-likeness (QED) is 0.617. The van der Waals surface area contributed by atoms with Crippen LogP contribution in [0.15, 0.2) is 12.1 Å². The third kappa shape index (κ3) is 3.12. The molecule has 0 saturated carbocycles. The van der Waals surface area contributed by atoms with Crippen LogP contribution in [0.3, 0.4) is 0 Å². The number of fused-ring (bicyclic) bond motifs is 1. The Bertz CT molecular complexity index is 846. The highest BCUT2D eigenvalue weighted by atomic mass is 19.1. The lowest BCUT2D eigenvalue weighted by Gasteiger charge is -2.32. The molecule has 0 atom stereocenters. The highest BCUT2D eigenvalue weighted by molar-refractivity contribution is 6.62. The maximum atomic E-state index is 14.7. The number of carbonyl (C=O) groups excluding carboxylic acids is 1. The van der Waals surface area contributed by atoms with Crippen LogP contribution in [0.5, 0.6) is 0 Å². The van der Waals surface area contributed by atoms with Gasteiger partial charge in [-0.15, -0.1) is 0 Å². The van der Waals surface area contributed by atoms with Crippen LogP contribution in [0.1, 0.15) is 39.9 Å². The molecule has 0 radical (unpaired) electrons. The van der Waals surface area contributed by atoms with Gasteiger partial charge in [0.15, 0.2) is 5.82 Å². The van der Waals surface area contributed by atoms with Crippen LogP contribution in [0.4, 0.5) is 4.39 Å². The predicted octanol–water partition coefficient (Wildman–Crippen LogP) is 2.35. The normalized spacial score (nSPS) is 18.5. The number of methoxy groups -OCH3 is 1. The Morgan fingerprint density at radius 2 is 1.88 bits per heavy atom. The molecule has 8 heteroatoms. The summed E-state index contributed by atoms with van der Waals surface area (Å²) < 4.78 is 33.2. The molecule has 0 amide bonds. The highest BCUT2D eigenvalue weighted by Gasteiger charge is 2.51. The van der Waals surface area contributed by atoms with Gasteiger partial charge in [-0.05, 0) is 52.2 Å². The van der Waals surface area contributed by atoms with E-state index >= 15 is 0 Å². The van der Waals surface area contributed by atoms with Gasteiger partial charge in [0.2, 0.25) is 0 Å². The van der Waals surface area contributed by atoms with E-state index in [4.69, 9.17) is 9.31 Å². The number of aromatic nitrogens is 2. The van der Waals surface area contributed by atoms with E-state index in [1.54, 1.807) is 6.92 Å². The molecule has 1 saturated heterocycles. The standard InChI is InChI=1S/C18H24BFN2O4/c1-11-21-16-13(20)9-12(19-25-17(2,3)18(4,5)26-19)10-14(16)22(11)8-7-15(23)24-6/h9-10H,7-8H2,1-6H3. The molecule has 0 N–H and O–H groups in total. The Hall–Kier alpha value is -1.93. The van der Waals surface area contributed by atoms with E-state index in [2.05, 4.69) is 9.72 Å². The first kappa shape index (κ1) is 18.9. The van der Waals surface area contributed by atoms with E-state index in [0.717, 1.165) is 0 Å². The first-order valence-corrected chi connectivity index (χ1v) is 8.64. The second kappa shape index (κ2) is 6.35. The van der Waals surface area contributed by atoms with Crippen molar-refractivity contribution in [1.82, 2.24) is 9.55 Å². The molecule has 0 bridgehead atoms. The lowest BCUT2D eigenvalue weighted by molar-refractivity contribution is -0.140. The summed E-state index contributed by atoms with van der Waals surface area (Å²) in [4.78, 5) is 15.8. The zero-order chi connectivity index (χ0) is 19.3. The minimum Gasteiger partial charge on any atom is -0.469 e. The van der Waals surface area contributed by atoms with Crippen LogP contribution < -0.4 is 5.46 Å². The van der Waals surface area contributed by atoms with Crippen molar-refractivity contribution in [3.8, 4) is 0 Å². The van der Waals surface area contributed by atoms with Gasteiger partial charge in [-0.25, -0.2) is 9.37 Å². The van der Waals surface area contributed by atoms with Gasteiger partial charge < -0.3 is 18.6 Å². The van der Waals surface area contributed by atoms with E-state index in [9.17, 15) is 9.18 Å². The zero-order valence-corrected chi connectivity index (χ0v) is 16.1. The molecular weight excluding hydrogens is 338 g/mol. The maximum Gasteiger partial charge on any atom is 0.495 e. The van der Waals surface area contributed by atoms with Crippen molar-refractivity contribution in [2.24, 2.45) is 0 Å². The van der Waals surface area contributed by atoms with Gasteiger partial charge in [-0.3, -0.25) is 4.79 Å². The third-order valence-electron chi connectivity index (χ3n) is 5.31. The number of hydrogen-bond donors (Lipinski definition) is 0. The molecule has 1 aliphatic heterocycles. The number of imidazole rings is 1. The van der Waals surface area contributed by atoms with Crippen molar-refractivity contribution in [2.45, 2.75) is 58.8 Å². The summed E-state index contributed by atoms with van der Waals surface area (Å²) in [7, 11) is 0.681. The van der Waals surface area contributed by atoms with E-state index in [1.165, 1.54) is 13.2 Å². The second-order valence-electron chi connectivity index (χ2n) is 7.60. The summed E-state index contributed by atoms with van der Waals surface area (Å²) in [5, 5.41) is 0. The molecule has 3 rings (SSSR count). The van der Waals surface area contributed by atoms with Crippen molar-refractivity contribution in [3.05, 3.63) is 23.8 Å². The number of rotatable bonds is 4. The summed E-state index contributed by atoms with van der Waals surface area (Å²) in [6, 6.07) is 3.22. The molecule has 1 fully saturated rings. The van der Waals surface area contributed by atoms with Gasteiger partial charge in [-0.1, -0.05) is 0 Å². The number of benzene rings is 1. The fraction of sp³-hybridized carbons (Fsp3) is 0.556. The van der Waals surface area contributed by atoms with Crippen molar-refractivity contribution in [1.29, 1.82) is 0 Å². The van der Waals surface area contributed by atoms with Crippen molar-refractivity contribution >= 4 is 29.6 Å². The maximum absolute atomic E-state index is 14.7. The molecule has 2 heterocycles. The van der Waals surface area contributed by atoms with E-state index in [-0.39, 0.29) is 17.9 Å². The van der Waals surface area contributed by atoms with Crippen LogP contribution in [0.2, 0.25) is 0 Å². The summed E-state index contributed by atoms with van der Waals surface area (Å²) in [5.41, 5.74) is 0.450. The summed E-state index contributed by atoms with van der Waals surface area (Å²) >= 11 is 0. The molecule has 0 aliphatic carbocycles. The molecule has 6 nitrogen and oxygen atoms in total. The smallest absolute Gasteiger partial charge is 0.469 e. The molecule has 140 valence electrons. The van der Waals surface area contributed by atoms with Crippen LogP contribution >= 0.6 is 0 Å². The number of aryl methyl sites for hydroxylation is 2. The monoisotopic (exact) mass is 362 g/mol. The predicted molar refractivity (Wildman–Crippen MR) is 96.8 cm³/mol. The van der Waals surface area contributed by atoms with Crippen LogP contribution in [-0.2, 0) is 25.4 Å². The Kier molecular flexibility index (Phi) is 4.61. The Morgan fingerprint density at radius 1 is 1.27 bits per heavy atom. The number of hydrogen-bond acceptors (Lipinski definition) is 5. The van der Waals surface area contributed by atoms with Crippen LogP contribution in [-0.4, -0.2) is 41.0 Å². The number of ether oxygens (including phenoxy) is 1. The Labute approximate surface area is 152 Å². The number of halogens is 1. The average molecular weight is 362 g/mol. The minimum atomic E-state index is -0.664. The summed E-state index contributed by atoms with van der Waals surface area (Å²) in [6.45, 7) is 9.95. The molecule has 0 unspecified atom stereocenters. The average Bonchev–Trinajstić information content (AvgIpc) is 2.98. The SMILES string of the molecule is COC(=O)CCn1c(C)nc2c(F)cc(B3OC(C)(C)C(C)(C)O3)cc21. The molecule has 26 heavy (non-hydrogen) atoms. The molecule has 1 aromatic heterocycles. The van der Waals surface area contributed by atoms with E-state index < -0.39 is 24.1 Å². The van der Waals surface area contributed by atoms with Gasteiger partial charge in [-0.2, -0.15) is 0 Å². The van der Waals surface area contributed by atoms with Gasteiger partial charge in [0, 0.05) is 6.54 Å². The molecule has 2 aromatic rings. The second-order valence-corrected chi connectivity index (χ2v) is 7.60. The van der Waals surface area contributed by atoms with E-state index in [1.807, 2.05) is 38.3 Å². The molecular formula is C18H24BFN2O4. The molecule has 1 aromatic carbocycles. The van der Waals surface area contributed by atoms with Crippen LogP contribution in [0, 0.1) is 12.7 Å². The first-order valence-electron chi connectivity index (χ1n) is 8.64. The fourth-order valence-electron chi connectivity index (χ4n) is 3.02. The Balaban J connectivity index is 2.00. The first-order chi connectivity index (χ1) is 12.1. The number of nitrogens with zero attached hydrogens (tertiary/aromatic N) is 2. The topological polar surface area (TPSA) is 62.6 Å². The highest BCUT2D eigenvalue weighted by Crippen LogP contribution is 2.36. The fourth-order valence-corrected chi connectivity index (χ4v) is 3.02. The zero-order valence-electron chi connectivity index (χ0n) is 16.1. The van der Waals surface area contributed by atoms with Crippen molar-refractivity contribution in [2.75, 3.05) is 7.11 Å². The number of carbonyl (C=O) groups is 1. The molecule has 0 spiro atoms. The minimum absolute atomic E-state index is 0.186. The lowest BCUT2D eigenvalue weighted by atomic mass is 9.79. The lowest BCUT2D eigenvalue weighted by Crippen LogP contribution is -2.41. The van der Waals surface area contributed by atoms with E-state index in [0.29, 0.717) is 23.3 Å². The Morgan fingerprint density at radius 3 is 2.46 bits per heavy atom. The van der Waals surface area contributed by atoms with Crippen molar-refractivity contribution < 1.29 is 23.2 Å².